The summed E-state index contributed by atoms with van der Waals surface area (Å²) < 4.78 is 10.1. The maximum atomic E-state index is 9.71. The Morgan fingerprint density at radius 3 is 3.00 bits per heavy atom. The number of aliphatic hydroxyl groups is 1. The van der Waals surface area contributed by atoms with E-state index < -0.39 is 0 Å². The van der Waals surface area contributed by atoms with Gasteiger partial charge in [-0.3, -0.25) is 0 Å². The molecule has 4 nitrogen and oxygen atoms in total. The van der Waals surface area contributed by atoms with Gasteiger partial charge in [-0.15, -0.1) is 0 Å². The van der Waals surface area contributed by atoms with E-state index in [1.165, 1.54) is 12.8 Å². The van der Waals surface area contributed by atoms with Crippen molar-refractivity contribution in [3.63, 3.8) is 0 Å². The molecule has 0 aromatic carbocycles. The lowest BCUT2D eigenvalue weighted by atomic mass is 9.94. The Labute approximate surface area is 92.0 Å². The Morgan fingerprint density at radius 2 is 2.33 bits per heavy atom. The second-order valence-electron chi connectivity index (χ2n) is 4.17. The minimum atomic E-state index is -0.327. The van der Waals surface area contributed by atoms with Crippen molar-refractivity contribution in [2.75, 3.05) is 40.0 Å². The van der Waals surface area contributed by atoms with Crippen LogP contribution in [0.4, 0.5) is 0 Å². The molecule has 2 N–H and O–H groups in total. The number of piperidine rings is 1. The van der Waals surface area contributed by atoms with Gasteiger partial charge in [-0.1, -0.05) is 0 Å². The van der Waals surface area contributed by atoms with E-state index in [0.29, 0.717) is 25.7 Å². The lowest BCUT2D eigenvalue weighted by molar-refractivity contribution is 0.00307. The highest BCUT2D eigenvalue weighted by Gasteiger charge is 2.17. The summed E-state index contributed by atoms with van der Waals surface area (Å²) in [4.78, 5) is 0. The average molecular weight is 217 g/mol. The van der Waals surface area contributed by atoms with Crippen LogP contribution in [-0.2, 0) is 9.47 Å². The van der Waals surface area contributed by atoms with Crippen molar-refractivity contribution in [2.45, 2.75) is 25.4 Å². The van der Waals surface area contributed by atoms with Crippen molar-refractivity contribution in [1.29, 1.82) is 0 Å². The molecule has 90 valence electrons. The number of hydrogen-bond acceptors (Lipinski definition) is 4. The van der Waals surface area contributed by atoms with Crippen molar-refractivity contribution >= 4 is 0 Å². The van der Waals surface area contributed by atoms with Crippen LogP contribution in [-0.4, -0.2) is 51.2 Å². The summed E-state index contributed by atoms with van der Waals surface area (Å²) in [6, 6.07) is 0. The summed E-state index contributed by atoms with van der Waals surface area (Å²) in [6.07, 6.45) is 2.97. The van der Waals surface area contributed by atoms with E-state index in [1.54, 1.807) is 7.11 Å². The van der Waals surface area contributed by atoms with E-state index >= 15 is 0 Å². The number of aliphatic hydroxyl groups excluding tert-OH is 1. The minimum absolute atomic E-state index is 0.327. The molecule has 15 heavy (non-hydrogen) atoms. The van der Waals surface area contributed by atoms with Gasteiger partial charge in [0.05, 0.1) is 25.9 Å². The van der Waals surface area contributed by atoms with Crippen LogP contribution in [0.1, 0.15) is 19.3 Å². The Bertz CT molecular complexity index is 149. The molecule has 2 atom stereocenters. The van der Waals surface area contributed by atoms with Gasteiger partial charge in [-0.05, 0) is 38.3 Å². The third-order valence-electron chi connectivity index (χ3n) is 2.75. The predicted octanol–water partition coefficient (Wildman–Crippen LogP) is 0.400. The summed E-state index contributed by atoms with van der Waals surface area (Å²) in [6.45, 7) is 3.75. The summed E-state index contributed by atoms with van der Waals surface area (Å²) in [5.74, 6) is 0.611. The first kappa shape index (κ1) is 12.9. The molecule has 1 saturated heterocycles. The van der Waals surface area contributed by atoms with Crippen molar-refractivity contribution in [3.8, 4) is 0 Å². The molecule has 0 amide bonds. The van der Waals surface area contributed by atoms with E-state index in [2.05, 4.69) is 5.32 Å². The first-order valence-corrected chi connectivity index (χ1v) is 5.78. The molecule has 0 saturated carbocycles. The van der Waals surface area contributed by atoms with E-state index in [1.807, 2.05) is 0 Å². The number of methoxy groups -OCH3 is 1. The summed E-state index contributed by atoms with van der Waals surface area (Å²) in [5.41, 5.74) is 0. The quantitative estimate of drug-likeness (QED) is 0.606. The fourth-order valence-corrected chi connectivity index (χ4v) is 1.94. The van der Waals surface area contributed by atoms with Crippen LogP contribution in [0.3, 0.4) is 0 Å². The van der Waals surface area contributed by atoms with Crippen molar-refractivity contribution in [1.82, 2.24) is 5.32 Å². The number of hydrogen-bond donors (Lipinski definition) is 2. The summed E-state index contributed by atoms with van der Waals surface area (Å²) in [5, 5.41) is 13.1. The Balaban J connectivity index is 1.98. The van der Waals surface area contributed by atoms with E-state index in [-0.39, 0.29) is 6.10 Å². The zero-order valence-corrected chi connectivity index (χ0v) is 9.58. The lowest BCUT2D eigenvalue weighted by Gasteiger charge is -2.24. The minimum Gasteiger partial charge on any atom is -0.391 e. The fourth-order valence-electron chi connectivity index (χ4n) is 1.94. The van der Waals surface area contributed by atoms with Crippen LogP contribution in [0.5, 0.6) is 0 Å². The molecule has 0 radical (unpaired) electrons. The highest BCUT2D eigenvalue weighted by Crippen LogP contribution is 2.16. The zero-order chi connectivity index (χ0) is 10.9. The van der Waals surface area contributed by atoms with Gasteiger partial charge in [-0.25, -0.2) is 0 Å². The highest BCUT2D eigenvalue weighted by molar-refractivity contribution is 4.72. The Morgan fingerprint density at radius 1 is 1.47 bits per heavy atom. The molecule has 0 spiro atoms. The van der Waals surface area contributed by atoms with Crippen molar-refractivity contribution in [2.24, 2.45) is 5.92 Å². The molecule has 1 fully saturated rings. The monoisotopic (exact) mass is 217 g/mol. The van der Waals surface area contributed by atoms with Gasteiger partial charge in [0, 0.05) is 7.11 Å². The van der Waals surface area contributed by atoms with Gasteiger partial charge in [0.15, 0.2) is 0 Å². The van der Waals surface area contributed by atoms with Gasteiger partial charge in [0.2, 0.25) is 0 Å². The fraction of sp³-hybridized carbons (Fsp3) is 1.00. The van der Waals surface area contributed by atoms with Gasteiger partial charge in [0.1, 0.15) is 0 Å². The predicted molar refractivity (Wildman–Crippen MR) is 58.9 cm³/mol. The summed E-state index contributed by atoms with van der Waals surface area (Å²) in [7, 11) is 1.65. The third-order valence-corrected chi connectivity index (χ3v) is 2.75. The first-order chi connectivity index (χ1) is 7.33. The molecule has 4 heteroatoms. The molecule has 0 aliphatic carbocycles. The molecule has 1 aliphatic rings. The molecule has 1 aliphatic heterocycles. The smallest absolute Gasteiger partial charge is 0.0776 e. The van der Waals surface area contributed by atoms with Crippen LogP contribution >= 0.6 is 0 Å². The molecule has 1 heterocycles. The first-order valence-electron chi connectivity index (χ1n) is 5.78. The Hall–Kier alpha value is -0.160. The van der Waals surface area contributed by atoms with Crippen molar-refractivity contribution < 1.29 is 14.6 Å². The average Bonchev–Trinajstić information content (AvgIpc) is 2.26. The number of nitrogens with one attached hydrogen (secondary N) is 1. The molecule has 0 aromatic rings. The van der Waals surface area contributed by atoms with E-state index in [0.717, 1.165) is 19.5 Å². The number of rotatable bonds is 7. The molecular weight excluding hydrogens is 194 g/mol. The van der Waals surface area contributed by atoms with Gasteiger partial charge >= 0.3 is 0 Å². The van der Waals surface area contributed by atoms with Crippen LogP contribution in [0.25, 0.3) is 0 Å². The van der Waals surface area contributed by atoms with E-state index in [9.17, 15) is 5.11 Å². The van der Waals surface area contributed by atoms with Crippen LogP contribution in [0.15, 0.2) is 0 Å². The second kappa shape index (κ2) is 8.05. The maximum Gasteiger partial charge on any atom is 0.0776 e. The normalized spacial score (nSPS) is 24.0. The van der Waals surface area contributed by atoms with Gasteiger partial charge in [0.25, 0.3) is 0 Å². The largest absolute Gasteiger partial charge is 0.391 e. The molecule has 0 aromatic heterocycles. The topological polar surface area (TPSA) is 50.7 Å². The lowest BCUT2D eigenvalue weighted by Crippen LogP contribution is -2.33. The van der Waals surface area contributed by atoms with Gasteiger partial charge < -0.3 is 19.9 Å². The molecule has 2 unspecified atom stereocenters. The van der Waals surface area contributed by atoms with Crippen molar-refractivity contribution in [3.05, 3.63) is 0 Å². The standard InChI is InChI=1S/C11H23NO3/c1-14-5-6-15-9-11(13)7-10-3-2-4-12-8-10/h10-13H,2-9H2,1H3. The highest BCUT2D eigenvalue weighted by atomic mass is 16.5. The third kappa shape index (κ3) is 6.10. The van der Waals surface area contributed by atoms with E-state index in [4.69, 9.17) is 9.47 Å². The summed E-state index contributed by atoms with van der Waals surface area (Å²) >= 11 is 0. The van der Waals surface area contributed by atoms with Crippen LogP contribution in [0.2, 0.25) is 0 Å². The molecule has 0 bridgehead atoms. The number of ether oxygens (including phenoxy) is 2. The van der Waals surface area contributed by atoms with Gasteiger partial charge in [-0.2, -0.15) is 0 Å². The Kier molecular flexibility index (Phi) is 6.92. The second-order valence-corrected chi connectivity index (χ2v) is 4.17. The SMILES string of the molecule is COCCOCC(O)CC1CCCNC1. The van der Waals surface area contributed by atoms with Crippen LogP contribution in [0, 0.1) is 5.92 Å². The molecular formula is C11H23NO3. The zero-order valence-electron chi connectivity index (χ0n) is 9.58. The molecule has 1 rings (SSSR count). The van der Waals surface area contributed by atoms with Crippen LogP contribution < -0.4 is 5.32 Å². The maximum absolute atomic E-state index is 9.71.